The van der Waals surface area contributed by atoms with Crippen molar-refractivity contribution in [1.29, 1.82) is 0 Å². The first kappa shape index (κ1) is 35.2. The molecule has 0 bridgehead atoms. The van der Waals surface area contributed by atoms with E-state index in [9.17, 15) is 27.9 Å². The van der Waals surface area contributed by atoms with Crippen molar-refractivity contribution in [3.8, 4) is 0 Å². The van der Waals surface area contributed by atoms with Crippen molar-refractivity contribution in [2.24, 2.45) is 56.2 Å². The number of carbonyl (C=O) groups excluding carboxylic acids is 2. The molecule has 1 aliphatic heterocycles. The van der Waals surface area contributed by atoms with Gasteiger partial charge in [-0.15, -0.1) is 0 Å². The number of sulfone groups is 1. The molecule has 6 aliphatic rings. The Morgan fingerprint density at radius 2 is 1.49 bits per heavy atom. The third-order valence-electron chi connectivity index (χ3n) is 16.1. The largest absolute Gasteiger partial charge is 0.481 e. The van der Waals surface area contributed by atoms with Crippen LogP contribution in [0.5, 0.6) is 0 Å². The van der Waals surface area contributed by atoms with Gasteiger partial charge in [0.15, 0.2) is 9.84 Å². The lowest BCUT2D eigenvalue weighted by molar-refractivity contribution is -0.248. The quantitative estimate of drug-likeness (QED) is 0.304. The summed E-state index contributed by atoms with van der Waals surface area (Å²) in [4.78, 5) is 40.2. The van der Waals surface area contributed by atoms with Gasteiger partial charge in [-0.05, 0) is 123 Å². The van der Waals surface area contributed by atoms with E-state index in [0.717, 1.165) is 38.5 Å². The maximum absolute atomic E-state index is 13.7. The first-order chi connectivity index (χ1) is 21.7. The number of carboxylic acid groups (broad SMARTS) is 1. The molecule has 0 radical (unpaired) electrons. The summed E-state index contributed by atoms with van der Waals surface area (Å²) >= 11 is 0. The molecule has 0 aromatic carbocycles. The molecule has 0 aromatic heterocycles. The van der Waals surface area contributed by atoms with Crippen LogP contribution in [-0.4, -0.2) is 67.0 Å². The molecule has 1 N–H and O–H groups in total. The van der Waals surface area contributed by atoms with Crippen molar-refractivity contribution in [2.45, 2.75) is 138 Å². The first-order valence-electron chi connectivity index (χ1n) is 18.6. The maximum atomic E-state index is 13.7. The Morgan fingerprint density at radius 3 is 2.15 bits per heavy atom. The van der Waals surface area contributed by atoms with Gasteiger partial charge in [0, 0.05) is 24.9 Å². The van der Waals surface area contributed by atoms with Gasteiger partial charge in [0.25, 0.3) is 0 Å². The van der Waals surface area contributed by atoms with Crippen molar-refractivity contribution >= 4 is 27.7 Å². The Hall–Kier alpha value is -1.64. The second-order valence-corrected chi connectivity index (χ2v) is 21.2. The van der Waals surface area contributed by atoms with E-state index in [2.05, 4.69) is 34.6 Å². The predicted octanol–water partition coefficient (Wildman–Crippen LogP) is 6.90. The van der Waals surface area contributed by atoms with Crippen molar-refractivity contribution in [3.63, 3.8) is 0 Å². The monoisotopic (exact) mass is 675 g/mol. The molecule has 9 heteroatoms. The van der Waals surface area contributed by atoms with E-state index in [0.29, 0.717) is 43.2 Å². The second kappa shape index (κ2) is 11.4. The molecular weight excluding hydrogens is 614 g/mol. The van der Waals surface area contributed by atoms with Gasteiger partial charge in [-0.3, -0.25) is 14.4 Å². The normalized spacial score (nSPS) is 43.9. The van der Waals surface area contributed by atoms with Gasteiger partial charge in [-0.2, -0.15) is 0 Å². The van der Waals surface area contributed by atoms with Gasteiger partial charge in [0.2, 0.25) is 5.91 Å². The number of hydrogen-bond donors (Lipinski definition) is 1. The fourth-order valence-corrected chi connectivity index (χ4v) is 14.4. The average molecular weight is 676 g/mol. The van der Waals surface area contributed by atoms with Crippen LogP contribution in [0.4, 0.5) is 0 Å². The second-order valence-electron chi connectivity index (χ2n) is 18.9. The van der Waals surface area contributed by atoms with E-state index in [1.807, 2.05) is 4.90 Å². The van der Waals surface area contributed by atoms with Crippen LogP contribution in [0.2, 0.25) is 0 Å². The van der Waals surface area contributed by atoms with Gasteiger partial charge in [-0.1, -0.05) is 41.0 Å². The predicted molar refractivity (Wildman–Crippen MR) is 181 cm³/mol. The van der Waals surface area contributed by atoms with E-state index >= 15 is 0 Å². The first-order valence-corrected chi connectivity index (χ1v) is 20.4. The minimum absolute atomic E-state index is 0.0566. The number of ether oxygens (including phenoxy) is 1. The number of esters is 1. The van der Waals surface area contributed by atoms with Crippen LogP contribution in [0.25, 0.3) is 0 Å². The Balaban J connectivity index is 1.19. The highest BCUT2D eigenvalue weighted by Gasteiger charge is 2.70. The Bertz CT molecular complexity index is 1390. The summed E-state index contributed by atoms with van der Waals surface area (Å²) < 4.78 is 30.2. The van der Waals surface area contributed by atoms with Crippen molar-refractivity contribution in [2.75, 3.05) is 24.6 Å². The zero-order chi connectivity index (χ0) is 34.4. The topological polar surface area (TPSA) is 118 Å². The lowest BCUT2D eigenvalue weighted by Gasteiger charge is -2.72. The van der Waals surface area contributed by atoms with E-state index < -0.39 is 27.2 Å². The minimum Gasteiger partial charge on any atom is -0.481 e. The molecule has 1 saturated heterocycles. The number of fused-ring (bicyclic) bond motifs is 7. The van der Waals surface area contributed by atoms with Crippen molar-refractivity contribution in [3.05, 3.63) is 0 Å². The summed E-state index contributed by atoms with van der Waals surface area (Å²) in [5.74, 6) is 1.16. The Labute approximate surface area is 283 Å². The molecule has 1 amide bonds. The summed E-state index contributed by atoms with van der Waals surface area (Å²) in [5.41, 5.74) is -0.737. The number of carboxylic acids is 1. The smallest absolute Gasteiger partial charge is 0.309 e. The van der Waals surface area contributed by atoms with Gasteiger partial charge < -0.3 is 14.7 Å². The highest BCUT2D eigenvalue weighted by molar-refractivity contribution is 7.91. The summed E-state index contributed by atoms with van der Waals surface area (Å²) in [6.45, 7) is 16.2. The number of carbonyl (C=O) groups is 3. The van der Waals surface area contributed by atoms with Gasteiger partial charge >= 0.3 is 11.9 Å². The third-order valence-corrected chi connectivity index (χ3v) is 17.7. The molecule has 47 heavy (non-hydrogen) atoms. The van der Waals surface area contributed by atoms with Crippen LogP contribution in [-0.2, 0) is 29.0 Å². The molecule has 0 spiro atoms. The average Bonchev–Trinajstić information content (AvgIpc) is 3.38. The number of rotatable bonds is 6. The zero-order valence-corrected chi connectivity index (χ0v) is 31.0. The summed E-state index contributed by atoms with van der Waals surface area (Å²) in [6.07, 6.45) is 12.6. The number of aliphatic carboxylic acids is 1. The molecule has 6 rings (SSSR count). The molecule has 6 fully saturated rings. The molecule has 8 nitrogen and oxygen atoms in total. The SMILES string of the molecule is CC(C)(CC(=O)O[C@H]1CC[C@@]2(C)C(CC[C@]3(C)C2CC[C@@H]2[C@H]4CCC[C@]4(CC(=O)N4CCS(=O)(=O)CC4)CC[C@]23C)C1(C)C)C(=O)O. The van der Waals surface area contributed by atoms with Gasteiger partial charge in [0.1, 0.15) is 6.10 Å². The van der Waals surface area contributed by atoms with E-state index in [-0.39, 0.29) is 57.0 Å². The van der Waals surface area contributed by atoms with Crippen molar-refractivity contribution < 1.29 is 32.6 Å². The van der Waals surface area contributed by atoms with Crippen molar-refractivity contribution in [1.82, 2.24) is 4.90 Å². The standard InChI is InChI=1S/C38H61NO7S/c1-33(2,32(42)43)24-31(41)46-29-13-15-35(5)27(34(29,3)4)12-16-37(7)28(35)11-10-25-26-9-8-14-38(26,18-17-36(25,37)6)23-30(40)39-19-21-47(44,45)22-20-39/h25-29H,8-24H2,1-7H3,(H,42,43)/t25-,26-,27?,28?,29+,35+,36-,37-,38-/m1/s1. The highest BCUT2D eigenvalue weighted by Crippen LogP contribution is 2.77. The Morgan fingerprint density at radius 1 is 0.809 bits per heavy atom. The van der Waals surface area contributed by atoms with E-state index in [1.54, 1.807) is 13.8 Å². The van der Waals surface area contributed by atoms with E-state index in [4.69, 9.17) is 4.74 Å². The molecule has 9 atom stereocenters. The summed E-state index contributed by atoms with van der Waals surface area (Å²) in [5, 5.41) is 9.55. The van der Waals surface area contributed by atoms with Crippen LogP contribution in [0.15, 0.2) is 0 Å². The van der Waals surface area contributed by atoms with Crippen LogP contribution in [0, 0.1) is 56.2 Å². The van der Waals surface area contributed by atoms with Gasteiger partial charge in [0.05, 0.1) is 23.3 Å². The van der Waals surface area contributed by atoms with Crippen LogP contribution in [0.3, 0.4) is 0 Å². The van der Waals surface area contributed by atoms with Crippen LogP contribution >= 0.6 is 0 Å². The number of nitrogens with zero attached hydrogens (tertiary/aromatic N) is 1. The lowest BCUT2D eigenvalue weighted by Crippen LogP contribution is -2.66. The molecule has 266 valence electrons. The molecule has 2 unspecified atom stereocenters. The van der Waals surface area contributed by atoms with E-state index in [1.165, 1.54) is 32.1 Å². The van der Waals surface area contributed by atoms with Crippen LogP contribution in [0.1, 0.15) is 132 Å². The lowest BCUT2D eigenvalue weighted by atomic mass is 9.32. The number of amides is 1. The number of hydrogen-bond acceptors (Lipinski definition) is 6. The minimum atomic E-state index is -3.02. The zero-order valence-electron chi connectivity index (χ0n) is 30.2. The summed E-state index contributed by atoms with van der Waals surface area (Å²) in [6, 6.07) is 0. The molecule has 5 saturated carbocycles. The molecular formula is C38H61NO7S. The third kappa shape index (κ3) is 5.49. The molecule has 0 aromatic rings. The fraction of sp³-hybridized carbons (Fsp3) is 0.921. The molecule has 5 aliphatic carbocycles. The summed E-state index contributed by atoms with van der Waals surface area (Å²) in [7, 11) is -3.02. The fourth-order valence-electron chi connectivity index (χ4n) is 13.2. The highest BCUT2D eigenvalue weighted by atomic mass is 32.2. The Kier molecular flexibility index (Phi) is 8.57. The van der Waals surface area contributed by atoms with Crippen LogP contribution < -0.4 is 0 Å². The maximum Gasteiger partial charge on any atom is 0.309 e. The molecule has 1 heterocycles. The van der Waals surface area contributed by atoms with Gasteiger partial charge in [-0.25, -0.2) is 8.42 Å².